The van der Waals surface area contributed by atoms with Gasteiger partial charge in [0.2, 0.25) is 0 Å². The Morgan fingerprint density at radius 1 is 1.52 bits per heavy atom. The first-order valence-corrected chi connectivity index (χ1v) is 7.39. The molecule has 2 heterocycles. The summed E-state index contributed by atoms with van der Waals surface area (Å²) in [5.74, 6) is -0.209. The van der Waals surface area contributed by atoms with Crippen LogP contribution in [0.2, 0.25) is 0 Å². The Hall–Kier alpha value is -1.69. The second kappa shape index (κ2) is 6.85. The van der Waals surface area contributed by atoms with Crippen LogP contribution in [0.3, 0.4) is 0 Å². The maximum atomic E-state index is 13.5. The normalized spacial score (nSPS) is 20.2. The van der Waals surface area contributed by atoms with Gasteiger partial charge in [-0.15, -0.1) is 0 Å². The second-order valence-corrected chi connectivity index (χ2v) is 5.48. The van der Waals surface area contributed by atoms with Gasteiger partial charge < -0.3 is 15.1 Å². The van der Waals surface area contributed by atoms with Gasteiger partial charge in [-0.2, -0.15) is 0 Å². The molecule has 0 aromatic carbocycles. The monoisotopic (exact) mass is 294 g/mol. The number of likely N-dealkylation sites (N-methyl/N-ethyl adjacent to an activating group) is 1. The van der Waals surface area contributed by atoms with Crippen molar-refractivity contribution in [3.05, 3.63) is 23.6 Å². The minimum absolute atomic E-state index is 0.145. The Bertz CT molecular complexity index is 508. The Kier molecular flexibility index (Phi) is 5.12. The third-order valence-electron chi connectivity index (χ3n) is 3.96. The van der Waals surface area contributed by atoms with Gasteiger partial charge in [0.05, 0.1) is 11.8 Å². The molecule has 0 radical (unpaired) electrons. The molecule has 1 aromatic heterocycles. The summed E-state index contributed by atoms with van der Waals surface area (Å²) in [6.07, 6.45) is 2.93. The summed E-state index contributed by atoms with van der Waals surface area (Å²) in [6, 6.07) is 1.42. The molecule has 1 aromatic rings. The molecule has 0 bridgehead atoms. The Balaban J connectivity index is 2.31. The van der Waals surface area contributed by atoms with E-state index < -0.39 is 5.82 Å². The molecule has 5 nitrogen and oxygen atoms in total. The molecule has 1 amide bonds. The first-order valence-electron chi connectivity index (χ1n) is 7.39. The van der Waals surface area contributed by atoms with Crippen molar-refractivity contribution >= 4 is 11.7 Å². The van der Waals surface area contributed by atoms with E-state index in [-0.39, 0.29) is 11.9 Å². The van der Waals surface area contributed by atoms with Gasteiger partial charge in [0.15, 0.2) is 0 Å². The molecule has 1 atom stereocenters. The number of carbonyl (C=O) groups excluding carboxylic acids is 1. The highest BCUT2D eigenvalue weighted by Crippen LogP contribution is 2.20. The van der Waals surface area contributed by atoms with Crippen LogP contribution in [-0.2, 0) is 0 Å². The average Bonchev–Trinajstić information content (AvgIpc) is 2.67. The average molecular weight is 294 g/mol. The van der Waals surface area contributed by atoms with E-state index in [2.05, 4.69) is 29.2 Å². The lowest BCUT2D eigenvalue weighted by molar-refractivity contribution is 0.0676. The summed E-state index contributed by atoms with van der Waals surface area (Å²) in [5.41, 5.74) is 0.306. The lowest BCUT2D eigenvalue weighted by atomic mass is 10.1. The third-order valence-corrected chi connectivity index (χ3v) is 3.96. The van der Waals surface area contributed by atoms with Crippen molar-refractivity contribution in [1.29, 1.82) is 0 Å². The van der Waals surface area contributed by atoms with Gasteiger partial charge in [-0.1, -0.05) is 6.92 Å². The summed E-state index contributed by atoms with van der Waals surface area (Å²) in [7, 11) is 3.75. The molecular weight excluding hydrogens is 271 g/mol. The van der Waals surface area contributed by atoms with Crippen molar-refractivity contribution < 1.29 is 9.18 Å². The number of nitrogens with zero attached hydrogens (tertiary/aromatic N) is 3. The van der Waals surface area contributed by atoms with Crippen LogP contribution in [0.4, 0.5) is 10.2 Å². The largest absolute Gasteiger partial charge is 0.372 e. The Morgan fingerprint density at radius 3 is 2.95 bits per heavy atom. The lowest BCUT2D eigenvalue weighted by Crippen LogP contribution is -2.43. The second-order valence-electron chi connectivity index (χ2n) is 5.48. The van der Waals surface area contributed by atoms with Gasteiger partial charge in [-0.05, 0) is 32.5 Å². The number of aromatic nitrogens is 1. The minimum atomic E-state index is -0.489. The van der Waals surface area contributed by atoms with Crippen LogP contribution < -0.4 is 5.32 Å². The number of carbonyl (C=O) groups is 1. The van der Waals surface area contributed by atoms with E-state index in [4.69, 9.17) is 0 Å². The van der Waals surface area contributed by atoms with Gasteiger partial charge in [0, 0.05) is 26.2 Å². The number of hydrogen-bond donors (Lipinski definition) is 1. The molecule has 21 heavy (non-hydrogen) atoms. The molecular formula is C15H23FN4O. The van der Waals surface area contributed by atoms with Gasteiger partial charge in [-0.3, -0.25) is 4.79 Å². The van der Waals surface area contributed by atoms with Crippen LogP contribution in [-0.4, -0.2) is 60.5 Å². The third kappa shape index (κ3) is 3.50. The molecule has 1 aliphatic heterocycles. The number of nitrogens with one attached hydrogen (secondary N) is 1. The van der Waals surface area contributed by atoms with Gasteiger partial charge in [-0.25, -0.2) is 9.37 Å². The number of anilines is 1. The summed E-state index contributed by atoms with van der Waals surface area (Å²) in [4.78, 5) is 20.9. The highest BCUT2D eigenvalue weighted by Gasteiger charge is 2.28. The van der Waals surface area contributed by atoms with E-state index in [1.165, 1.54) is 6.07 Å². The molecule has 0 spiro atoms. The zero-order valence-corrected chi connectivity index (χ0v) is 12.9. The molecule has 1 unspecified atom stereocenters. The topological polar surface area (TPSA) is 48.5 Å². The number of amides is 1. The predicted octanol–water partition coefficient (Wildman–Crippen LogP) is 1.82. The van der Waals surface area contributed by atoms with Gasteiger partial charge >= 0.3 is 0 Å². The fraction of sp³-hybridized carbons (Fsp3) is 0.600. The molecule has 6 heteroatoms. The van der Waals surface area contributed by atoms with Crippen LogP contribution in [0.25, 0.3) is 0 Å². The van der Waals surface area contributed by atoms with E-state index in [0.29, 0.717) is 17.9 Å². The fourth-order valence-electron chi connectivity index (χ4n) is 2.82. The zero-order chi connectivity index (χ0) is 15.4. The summed E-state index contributed by atoms with van der Waals surface area (Å²) in [6.45, 7) is 4.59. The fourth-order valence-corrected chi connectivity index (χ4v) is 2.82. The van der Waals surface area contributed by atoms with E-state index in [9.17, 15) is 9.18 Å². The number of rotatable bonds is 3. The van der Waals surface area contributed by atoms with E-state index >= 15 is 0 Å². The Morgan fingerprint density at radius 2 is 2.29 bits per heavy atom. The van der Waals surface area contributed by atoms with E-state index in [1.807, 2.05) is 4.90 Å². The van der Waals surface area contributed by atoms with Crippen LogP contribution in [0.5, 0.6) is 0 Å². The number of pyridine rings is 1. The Labute approximate surface area is 125 Å². The molecule has 116 valence electrons. The van der Waals surface area contributed by atoms with Crippen molar-refractivity contribution in [2.75, 3.05) is 39.0 Å². The van der Waals surface area contributed by atoms with Gasteiger partial charge in [0.25, 0.3) is 5.91 Å². The lowest BCUT2D eigenvalue weighted by Gasteiger charge is -2.30. The van der Waals surface area contributed by atoms with Crippen molar-refractivity contribution in [2.24, 2.45) is 0 Å². The van der Waals surface area contributed by atoms with Crippen LogP contribution in [0, 0.1) is 5.82 Å². The van der Waals surface area contributed by atoms with Crippen molar-refractivity contribution in [3.8, 4) is 0 Å². The van der Waals surface area contributed by atoms with Crippen molar-refractivity contribution in [3.63, 3.8) is 0 Å². The van der Waals surface area contributed by atoms with E-state index in [1.54, 1.807) is 7.05 Å². The highest BCUT2D eigenvalue weighted by molar-refractivity contribution is 5.99. The van der Waals surface area contributed by atoms with Crippen molar-refractivity contribution in [1.82, 2.24) is 14.8 Å². The smallest absolute Gasteiger partial charge is 0.258 e. The molecule has 2 rings (SSSR count). The predicted molar refractivity (Wildman–Crippen MR) is 81.0 cm³/mol. The van der Waals surface area contributed by atoms with E-state index in [0.717, 1.165) is 32.1 Å². The molecule has 1 fully saturated rings. The highest BCUT2D eigenvalue weighted by atomic mass is 19.1. The SMILES string of the molecule is CCC1CN(C)CCCN1C(=O)c1cc(F)cnc1NC. The maximum Gasteiger partial charge on any atom is 0.258 e. The molecule has 0 saturated carbocycles. The molecule has 1 saturated heterocycles. The number of hydrogen-bond acceptors (Lipinski definition) is 4. The standard InChI is InChI=1S/C15H23FN4O/c1-4-12-10-19(3)6-5-7-20(12)15(21)13-8-11(16)9-18-14(13)17-2/h8-9,12H,4-7,10H2,1-3H3,(H,17,18). The molecule has 0 aliphatic carbocycles. The van der Waals surface area contributed by atoms with Gasteiger partial charge in [0.1, 0.15) is 11.6 Å². The summed E-state index contributed by atoms with van der Waals surface area (Å²) < 4.78 is 13.5. The zero-order valence-electron chi connectivity index (χ0n) is 12.9. The summed E-state index contributed by atoms with van der Waals surface area (Å²) >= 11 is 0. The summed E-state index contributed by atoms with van der Waals surface area (Å²) in [5, 5.41) is 2.86. The number of halogens is 1. The quantitative estimate of drug-likeness (QED) is 0.924. The first-order chi connectivity index (χ1) is 10.1. The van der Waals surface area contributed by atoms with Crippen LogP contribution in [0.1, 0.15) is 30.1 Å². The van der Waals surface area contributed by atoms with Crippen LogP contribution in [0.15, 0.2) is 12.3 Å². The minimum Gasteiger partial charge on any atom is -0.372 e. The maximum absolute atomic E-state index is 13.5. The van der Waals surface area contributed by atoms with Crippen molar-refractivity contribution in [2.45, 2.75) is 25.8 Å². The van der Waals surface area contributed by atoms with Crippen LogP contribution >= 0.6 is 0 Å². The first kappa shape index (κ1) is 15.7. The molecule has 1 N–H and O–H groups in total. The molecule has 1 aliphatic rings.